The molecule has 2 heteroatoms. The zero-order valence-electron chi connectivity index (χ0n) is 10.6. The summed E-state index contributed by atoms with van der Waals surface area (Å²) in [5.74, 6) is 1.67. The average Bonchev–Trinajstić information content (AvgIpc) is 2.27. The Morgan fingerprint density at radius 3 is 2.50 bits per heavy atom. The summed E-state index contributed by atoms with van der Waals surface area (Å²) in [5.41, 5.74) is 7.33. The van der Waals surface area contributed by atoms with Gasteiger partial charge in [0.25, 0.3) is 0 Å². The monoisotopic (exact) mass is 221 g/mol. The first-order chi connectivity index (χ1) is 7.63. The van der Waals surface area contributed by atoms with E-state index in [2.05, 4.69) is 19.9 Å². The summed E-state index contributed by atoms with van der Waals surface area (Å²) < 4.78 is 5.32. The van der Waals surface area contributed by atoms with Gasteiger partial charge in [-0.3, -0.25) is 0 Å². The van der Waals surface area contributed by atoms with E-state index in [1.165, 1.54) is 12.0 Å². The van der Waals surface area contributed by atoms with Gasteiger partial charge in [0, 0.05) is 6.04 Å². The van der Waals surface area contributed by atoms with Crippen LogP contribution in [-0.4, -0.2) is 13.2 Å². The van der Waals surface area contributed by atoms with E-state index in [0.29, 0.717) is 0 Å². The zero-order chi connectivity index (χ0) is 12.0. The third kappa shape index (κ3) is 4.23. The van der Waals surface area contributed by atoms with Gasteiger partial charge >= 0.3 is 0 Å². The van der Waals surface area contributed by atoms with Gasteiger partial charge in [0.15, 0.2) is 0 Å². The van der Waals surface area contributed by atoms with Crippen LogP contribution in [0.5, 0.6) is 5.75 Å². The number of rotatable bonds is 6. The molecule has 0 saturated carbocycles. The predicted molar refractivity (Wildman–Crippen MR) is 68.7 cm³/mol. The van der Waals surface area contributed by atoms with Gasteiger partial charge in [-0.2, -0.15) is 0 Å². The molecule has 0 aliphatic heterocycles. The Kier molecular flexibility index (Phi) is 5.33. The van der Waals surface area contributed by atoms with Crippen LogP contribution in [0.3, 0.4) is 0 Å². The summed E-state index contributed by atoms with van der Waals surface area (Å²) in [6, 6.07) is 8.34. The lowest BCUT2D eigenvalue weighted by molar-refractivity contribution is 0.405. The summed E-state index contributed by atoms with van der Waals surface area (Å²) in [7, 11) is 1.71. The molecule has 1 aromatic carbocycles. The Morgan fingerprint density at radius 2 is 1.88 bits per heavy atom. The molecular weight excluding hydrogens is 198 g/mol. The van der Waals surface area contributed by atoms with Crippen LogP contribution < -0.4 is 10.5 Å². The second-order valence-corrected chi connectivity index (χ2v) is 4.75. The van der Waals surface area contributed by atoms with Gasteiger partial charge in [0.1, 0.15) is 5.75 Å². The van der Waals surface area contributed by atoms with E-state index in [-0.39, 0.29) is 6.04 Å². The van der Waals surface area contributed by atoms with Crippen molar-refractivity contribution in [3.8, 4) is 5.75 Å². The van der Waals surface area contributed by atoms with Crippen LogP contribution in [0.4, 0.5) is 0 Å². The number of nitrogens with two attached hydrogens (primary N) is 1. The van der Waals surface area contributed by atoms with Crippen LogP contribution in [0.25, 0.3) is 0 Å². The molecule has 0 radical (unpaired) electrons. The lowest BCUT2D eigenvalue weighted by atomic mass is 9.98. The minimum absolute atomic E-state index is 0.235. The molecule has 0 saturated heterocycles. The molecule has 0 heterocycles. The smallest absolute Gasteiger partial charge is 0.122 e. The van der Waals surface area contributed by atoms with E-state index in [0.717, 1.165) is 24.5 Å². The fourth-order valence-corrected chi connectivity index (χ4v) is 1.80. The highest BCUT2D eigenvalue weighted by molar-refractivity contribution is 5.33. The number of benzene rings is 1. The molecule has 1 rings (SSSR count). The normalized spacial score (nSPS) is 12.8. The molecule has 0 aromatic heterocycles. The quantitative estimate of drug-likeness (QED) is 0.801. The highest BCUT2D eigenvalue weighted by Crippen LogP contribution is 2.20. The predicted octanol–water partition coefficient (Wildman–Crippen LogP) is 3.00. The van der Waals surface area contributed by atoms with Crippen LogP contribution >= 0.6 is 0 Å². The first-order valence-corrected chi connectivity index (χ1v) is 6.01. The summed E-state index contributed by atoms with van der Waals surface area (Å²) in [6.45, 7) is 4.46. The molecule has 0 aliphatic rings. The fraction of sp³-hybridized carbons (Fsp3) is 0.571. The number of ether oxygens (including phenoxy) is 1. The summed E-state index contributed by atoms with van der Waals surface area (Å²) in [6.07, 6.45) is 3.17. The van der Waals surface area contributed by atoms with E-state index < -0.39 is 0 Å². The van der Waals surface area contributed by atoms with Crippen molar-refractivity contribution in [3.63, 3.8) is 0 Å². The Hall–Kier alpha value is -1.02. The molecule has 1 aromatic rings. The van der Waals surface area contributed by atoms with Gasteiger partial charge in [0.05, 0.1) is 7.11 Å². The van der Waals surface area contributed by atoms with Crippen molar-refractivity contribution in [1.82, 2.24) is 0 Å². The third-order valence-electron chi connectivity index (χ3n) is 2.79. The van der Waals surface area contributed by atoms with Gasteiger partial charge in [-0.1, -0.05) is 32.0 Å². The van der Waals surface area contributed by atoms with Gasteiger partial charge in [0.2, 0.25) is 0 Å². The molecule has 0 bridgehead atoms. The molecule has 90 valence electrons. The van der Waals surface area contributed by atoms with E-state index in [4.69, 9.17) is 10.5 Å². The molecule has 2 nitrogen and oxygen atoms in total. The van der Waals surface area contributed by atoms with Crippen LogP contribution in [-0.2, 0) is 6.42 Å². The SMILES string of the molecule is COc1ccccc1CC(N)CCC(C)C. The Balaban J connectivity index is 2.51. The minimum Gasteiger partial charge on any atom is -0.496 e. The molecule has 1 atom stereocenters. The standard InChI is InChI=1S/C14H23NO/c1-11(2)8-9-13(15)10-12-6-4-5-7-14(12)16-3/h4-7,11,13H,8-10,15H2,1-3H3. The van der Waals surface area contributed by atoms with Gasteiger partial charge < -0.3 is 10.5 Å². The maximum absolute atomic E-state index is 6.12. The van der Waals surface area contributed by atoms with Gasteiger partial charge in [-0.15, -0.1) is 0 Å². The topological polar surface area (TPSA) is 35.2 Å². The summed E-state index contributed by atoms with van der Waals surface area (Å²) >= 11 is 0. The van der Waals surface area contributed by atoms with E-state index in [1.807, 2.05) is 18.2 Å². The molecule has 1 unspecified atom stereocenters. The number of hydrogen-bond acceptors (Lipinski definition) is 2. The van der Waals surface area contributed by atoms with E-state index in [9.17, 15) is 0 Å². The lowest BCUT2D eigenvalue weighted by Crippen LogP contribution is -2.23. The lowest BCUT2D eigenvalue weighted by Gasteiger charge is -2.15. The molecule has 0 spiro atoms. The highest BCUT2D eigenvalue weighted by Gasteiger charge is 2.08. The molecule has 0 aliphatic carbocycles. The molecule has 0 fully saturated rings. The summed E-state index contributed by atoms with van der Waals surface area (Å²) in [5, 5.41) is 0. The van der Waals surface area contributed by atoms with Crippen molar-refractivity contribution in [2.45, 2.75) is 39.2 Å². The maximum Gasteiger partial charge on any atom is 0.122 e. The molecule has 2 N–H and O–H groups in total. The van der Waals surface area contributed by atoms with Gasteiger partial charge in [-0.05, 0) is 36.8 Å². The number of methoxy groups -OCH3 is 1. The first kappa shape index (κ1) is 13.0. The first-order valence-electron chi connectivity index (χ1n) is 6.01. The maximum atomic E-state index is 6.12. The van der Waals surface area contributed by atoms with Crippen LogP contribution in [0.2, 0.25) is 0 Å². The fourth-order valence-electron chi connectivity index (χ4n) is 1.80. The minimum atomic E-state index is 0.235. The Bertz CT molecular complexity index is 309. The molecule has 0 amide bonds. The molecule has 16 heavy (non-hydrogen) atoms. The van der Waals surface area contributed by atoms with Crippen molar-refractivity contribution in [2.24, 2.45) is 11.7 Å². The third-order valence-corrected chi connectivity index (χ3v) is 2.79. The van der Waals surface area contributed by atoms with E-state index in [1.54, 1.807) is 7.11 Å². The van der Waals surface area contributed by atoms with Crippen molar-refractivity contribution in [3.05, 3.63) is 29.8 Å². The van der Waals surface area contributed by atoms with Crippen molar-refractivity contribution in [2.75, 3.05) is 7.11 Å². The second kappa shape index (κ2) is 6.54. The van der Waals surface area contributed by atoms with Crippen molar-refractivity contribution >= 4 is 0 Å². The summed E-state index contributed by atoms with van der Waals surface area (Å²) in [4.78, 5) is 0. The van der Waals surface area contributed by atoms with Crippen LogP contribution in [0, 0.1) is 5.92 Å². The average molecular weight is 221 g/mol. The number of para-hydroxylation sites is 1. The molecular formula is C14H23NO. The Labute approximate surface area is 98.8 Å². The van der Waals surface area contributed by atoms with Gasteiger partial charge in [-0.25, -0.2) is 0 Å². The Morgan fingerprint density at radius 1 is 1.19 bits per heavy atom. The van der Waals surface area contributed by atoms with Crippen molar-refractivity contribution < 1.29 is 4.74 Å². The van der Waals surface area contributed by atoms with Crippen LogP contribution in [0.1, 0.15) is 32.3 Å². The zero-order valence-corrected chi connectivity index (χ0v) is 10.6. The van der Waals surface area contributed by atoms with Crippen molar-refractivity contribution in [1.29, 1.82) is 0 Å². The van der Waals surface area contributed by atoms with Crippen LogP contribution in [0.15, 0.2) is 24.3 Å². The number of hydrogen-bond donors (Lipinski definition) is 1. The largest absolute Gasteiger partial charge is 0.496 e. The van der Waals surface area contributed by atoms with E-state index >= 15 is 0 Å². The second-order valence-electron chi connectivity index (χ2n) is 4.75. The highest BCUT2D eigenvalue weighted by atomic mass is 16.5.